The summed E-state index contributed by atoms with van der Waals surface area (Å²) >= 11 is 0. The third kappa shape index (κ3) is 5.13. The maximum absolute atomic E-state index is 11.3. The average molecular weight is 332 g/mol. The molecule has 4 heteroatoms. The number of unbranched alkanes of at least 4 members (excludes halogenated alkanes) is 2. The Hall–Kier alpha value is -1.24. The average Bonchev–Trinajstić information content (AvgIpc) is 2.65. The van der Waals surface area contributed by atoms with Gasteiger partial charge in [-0.2, -0.15) is 4.99 Å². The normalized spacial score (nSPS) is 20.2. The summed E-state index contributed by atoms with van der Waals surface area (Å²) in [7, 11) is 0. The number of carbonyl (C=O) groups excluding carboxylic acids is 2. The number of isocyanates is 2. The minimum absolute atomic E-state index is 0.170. The van der Waals surface area contributed by atoms with Crippen LogP contribution in [0.15, 0.2) is 9.98 Å². The van der Waals surface area contributed by atoms with Crippen molar-refractivity contribution in [2.24, 2.45) is 21.8 Å². The van der Waals surface area contributed by atoms with Crippen molar-refractivity contribution in [3.8, 4) is 0 Å². The molecule has 4 nitrogen and oxygen atoms in total. The highest BCUT2D eigenvalue weighted by Gasteiger charge is 2.45. The van der Waals surface area contributed by atoms with Crippen LogP contribution in [0.5, 0.6) is 0 Å². The molecular weight excluding hydrogens is 300 g/mol. The molecule has 2 aliphatic carbocycles. The monoisotopic (exact) mass is 332 g/mol. The predicted octanol–water partition coefficient (Wildman–Crippen LogP) is 5.12. The zero-order chi connectivity index (χ0) is 17.1. The maximum atomic E-state index is 11.3. The smallest absolute Gasteiger partial charge is 0.211 e. The van der Waals surface area contributed by atoms with Crippen LogP contribution >= 0.6 is 0 Å². The highest BCUT2D eigenvalue weighted by atomic mass is 16.1. The van der Waals surface area contributed by atoms with Crippen LogP contribution in [-0.4, -0.2) is 24.2 Å². The van der Waals surface area contributed by atoms with Crippen molar-refractivity contribution in [1.82, 2.24) is 0 Å². The van der Waals surface area contributed by atoms with Gasteiger partial charge in [-0.3, -0.25) is 0 Å². The molecule has 0 spiro atoms. The van der Waals surface area contributed by atoms with Crippen LogP contribution in [0.25, 0.3) is 0 Å². The van der Waals surface area contributed by atoms with E-state index in [2.05, 4.69) is 9.98 Å². The Balaban J connectivity index is 2.07. The Morgan fingerprint density at radius 1 is 0.750 bits per heavy atom. The fraction of sp³-hybridized carbons (Fsp3) is 0.900. The van der Waals surface area contributed by atoms with Crippen LogP contribution in [0.3, 0.4) is 0 Å². The van der Waals surface area contributed by atoms with Crippen LogP contribution in [0.4, 0.5) is 0 Å². The van der Waals surface area contributed by atoms with Crippen molar-refractivity contribution in [1.29, 1.82) is 0 Å². The molecule has 0 bridgehead atoms. The lowest BCUT2D eigenvalue weighted by Gasteiger charge is -2.46. The summed E-state index contributed by atoms with van der Waals surface area (Å²) in [5, 5.41) is 0. The molecule has 2 fully saturated rings. The Kier molecular flexibility index (Phi) is 8.42. The van der Waals surface area contributed by atoms with Gasteiger partial charge >= 0.3 is 0 Å². The third-order valence-corrected chi connectivity index (χ3v) is 6.29. The van der Waals surface area contributed by atoms with E-state index >= 15 is 0 Å². The van der Waals surface area contributed by atoms with E-state index in [4.69, 9.17) is 0 Å². The zero-order valence-corrected chi connectivity index (χ0v) is 15.0. The van der Waals surface area contributed by atoms with Gasteiger partial charge in [-0.1, -0.05) is 51.4 Å². The Morgan fingerprint density at radius 2 is 1.33 bits per heavy atom. The summed E-state index contributed by atoms with van der Waals surface area (Å²) in [6.07, 6.45) is 20.2. The molecule has 0 aliphatic heterocycles. The second-order valence-corrected chi connectivity index (χ2v) is 7.65. The lowest BCUT2D eigenvalue weighted by Crippen LogP contribution is -2.45. The van der Waals surface area contributed by atoms with Gasteiger partial charge in [-0.25, -0.2) is 14.6 Å². The molecule has 0 unspecified atom stereocenters. The van der Waals surface area contributed by atoms with Crippen LogP contribution in [-0.2, 0) is 9.59 Å². The van der Waals surface area contributed by atoms with Gasteiger partial charge in [0.05, 0.1) is 12.1 Å². The first kappa shape index (κ1) is 19.1. The van der Waals surface area contributed by atoms with Gasteiger partial charge in [-0.15, -0.1) is 0 Å². The minimum Gasteiger partial charge on any atom is -0.211 e. The summed E-state index contributed by atoms with van der Waals surface area (Å²) in [4.78, 5) is 29.7. The van der Waals surface area contributed by atoms with Gasteiger partial charge in [0.25, 0.3) is 0 Å². The van der Waals surface area contributed by atoms with Crippen LogP contribution in [0.1, 0.15) is 89.9 Å². The van der Waals surface area contributed by atoms with Crippen molar-refractivity contribution in [2.75, 3.05) is 6.54 Å². The molecule has 0 saturated heterocycles. The molecule has 24 heavy (non-hydrogen) atoms. The Morgan fingerprint density at radius 3 is 1.83 bits per heavy atom. The van der Waals surface area contributed by atoms with E-state index in [0.29, 0.717) is 18.4 Å². The molecule has 0 aromatic rings. The van der Waals surface area contributed by atoms with E-state index in [1.54, 1.807) is 6.08 Å². The largest absolute Gasteiger partial charge is 0.235 e. The fourth-order valence-corrected chi connectivity index (χ4v) is 5.09. The van der Waals surface area contributed by atoms with Crippen molar-refractivity contribution < 1.29 is 9.59 Å². The van der Waals surface area contributed by atoms with Crippen molar-refractivity contribution in [2.45, 2.75) is 95.4 Å². The number of hydrogen-bond acceptors (Lipinski definition) is 4. The molecule has 0 amide bonds. The highest BCUT2D eigenvalue weighted by molar-refractivity contribution is 5.35. The lowest BCUT2D eigenvalue weighted by atomic mass is 9.62. The van der Waals surface area contributed by atoms with Gasteiger partial charge in [0, 0.05) is 0 Å². The number of rotatable bonds is 9. The molecule has 2 rings (SSSR count). The van der Waals surface area contributed by atoms with Crippen molar-refractivity contribution in [3.05, 3.63) is 0 Å². The summed E-state index contributed by atoms with van der Waals surface area (Å²) in [5.41, 5.74) is -0.170. The molecule has 2 saturated carbocycles. The Bertz CT molecular complexity index is 434. The van der Waals surface area contributed by atoms with Crippen LogP contribution in [0.2, 0.25) is 0 Å². The van der Waals surface area contributed by atoms with E-state index in [-0.39, 0.29) is 5.54 Å². The third-order valence-electron chi connectivity index (χ3n) is 6.29. The van der Waals surface area contributed by atoms with E-state index < -0.39 is 0 Å². The van der Waals surface area contributed by atoms with Crippen LogP contribution in [0, 0.1) is 11.8 Å². The SMILES string of the molecule is O=C=NCCCCCC(N=C=O)(C1CCCCC1)C1CCCCC1. The predicted molar refractivity (Wildman–Crippen MR) is 95.5 cm³/mol. The second kappa shape index (κ2) is 10.6. The Labute approximate surface area is 146 Å². The van der Waals surface area contributed by atoms with Crippen LogP contribution < -0.4 is 0 Å². The molecule has 0 N–H and O–H groups in total. The number of nitrogens with zero attached hydrogens (tertiary/aromatic N) is 2. The lowest BCUT2D eigenvalue weighted by molar-refractivity contribution is 0.0961. The van der Waals surface area contributed by atoms with Gasteiger partial charge in [0.1, 0.15) is 0 Å². The van der Waals surface area contributed by atoms with Gasteiger partial charge in [-0.05, 0) is 50.4 Å². The first-order chi connectivity index (χ1) is 11.8. The molecular formula is C20H32N2O2. The second-order valence-electron chi connectivity index (χ2n) is 7.65. The van der Waals surface area contributed by atoms with E-state index in [1.807, 2.05) is 6.08 Å². The van der Waals surface area contributed by atoms with Crippen molar-refractivity contribution in [3.63, 3.8) is 0 Å². The summed E-state index contributed by atoms with van der Waals surface area (Å²) in [6, 6.07) is 0. The zero-order valence-electron chi connectivity index (χ0n) is 15.0. The minimum atomic E-state index is -0.170. The van der Waals surface area contributed by atoms with E-state index in [9.17, 15) is 9.59 Å². The molecule has 2 aliphatic rings. The molecule has 0 aromatic carbocycles. The molecule has 134 valence electrons. The number of hydrogen-bond donors (Lipinski definition) is 0. The van der Waals surface area contributed by atoms with Crippen molar-refractivity contribution >= 4 is 12.2 Å². The molecule has 0 atom stereocenters. The summed E-state index contributed by atoms with van der Waals surface area (Å²) in [6.45, 7) is 0.570. The summed E-state index contributed by atoms with van der Waals surface area (Å²) < 4.78 is 0. The molecule has 0 heterocycles. The quantitative estimate of drug-likeness (QED) is 0.334. The van der Waals surface area contributed by atoms with Gasteiger partial charge in [0.2, 0.25) is 12.2 Å². The fourth-order valence-electron chi connectivity index (χ4n) is 5.09. The topological polar surface area (TPSA) is 58.9 Å². The summed E-state index contributed by atoms with van der Waals surface area (Å²) in [5.74, 6) is 1.12. The van der Waals surface area contributed by atoms with Gasteiger partial charge in [0.15, 0.2) is 0 Å². The molecule has 0 aromatic heterocycles. The highest BCUT2D eigenvalue weighted by Crippen LogP contribution is 2.47. The number of aliphatic imine (C=N–C) groups is 2. The van der Waals surface area contributed by atoms with E-state index in [0.717, 1.165) is 25.7 Å². The van der Waals surface area contributed by atoms with Gasteiger partial charge < -0.3 is 0 Å². The first-order valence-electron chi connectivity index (χ1n) is 9.96. The standard InChI is InChI=1S/C20H32N2O2/c23-16-21-15-9-3-8-14-20(22-17-24,18-10-4-1-5-11-18)19-12-6-2-7-13-19/h18-19H,1-15H2. The molecule has 0 radical (unpaired) electrons. The van der Waals surface area contributed by atoms with E-state index in [1.165, 1.54) is 64.2 Å². The maximum Gasteiger partial charge on any atom is 0.235 e. The first-order valence-corrected chi connectivity index (χ1v) is 9.96.